The Labute approximate surface area is 113 Å². The van der Waals surface area contributed by atoms with E-state index >= 15 is 0 Å². The van der Waals surface area contributed by atoms with Crippen molar-refractivity contribution in [2.45, 2.75) is 6.92 Å². The van der Waals surface area contributed by atoms with Crippen LogP contribution in [0.3, 0.4) is 0 Å². The Morgan fingerprint density at radius 1 is 1.11 bits per heavy atom. The second kappa shape index (κ2) is 5.36. The summed E-state index contributed by atoms with van der Waals surface area (Å²) in [6.07, 6.45) is 0. The van der Waals surface area contributed by atoms with Crippen LogP contribution >= 0.6 is 11.6 Å². The predicted molar refractivity (Wildman–Crippen MR) is 67.9 cm³/mol. The molecule has 0 bridgehead atoms. The first-order chi connectivity index (χ1) is 8.97. The highest BCUT2D eigenvalue weighted by Gasteiger charge is 2.09. The average Bonchev–Trinajstić information content (AvgIpc) is 2.36. The maximum Gasteiger partial charge on any atom is 0.166 e. The molecule has 0 spiro atoms. The van der Waals surface area contributed by atoms with Gasteiger partial charge in [0.25, 0.3) is 0 Å². The van der Waals surface area contributed by atoms with Crippen LogP contribution in [-0.2, 0) is 0 Å². The Morgan fingerprint density at radius 2 is 1.84 bits per heavy atom. The molecule has 0 radical (unpaired) electrons. The van der Waals surface area contributed by atoms with Gasteiger partial charge < -0.3 is 4.74 Å². The number of benzene rings is 2. The van der Waals surface area contributed by atoms with Crippen molar-refractivity contribution in [3.63, 3.8) is 0 Å². The molecule has 2 rings (SSSR count). The molecule has 0 N–H and O–H groups in total. The van der Waals surface area contributed by atoms with Gasteiger partial charge in [0.2, 0.25) is 0 Å². The van der Waals surface area contributed by atoms with Crippen LogP contribution in [0, 0.1) is 11.6 Å². The molecule has 0 heterocycles. The standard InChI is InChI=1S/C14H9ClF2O2/c1-8(18)9-2-5-14(13(17)6-9)19-10-3-4-11(15)12(16)7-10/h2-7H,1H3. The maximum atomic E-state index is 13.7. The summed E-state index contributed by atoms with van der Waals surface area (Å²) in [5.41, 5.74) is 0.243. The highest BCUT2D eigenvalue weighted by atomic mass is 35.5. The molecule has 0 aliphatic rings. The largest absolute Gasteiger partial charge is 0.454 e. The number of carbonyl (C=O) groups is 1. The number of rotatable bonds is 3. The zero-order chi connectivity index (χ0) is 14.0. The van der Waals surface area contributed by atoms with Crippen molar-refractivity contribution in [2.24, 2.45) is 0 Å². The van der Waals surface area contributed by atoms with Crippen LogP contribution in [-0.4, -0.2) is 5.78 Å². The zero-order valence-electron chi connectivity index (χ0n) is 9.91. The van der Waals surface area contributed by atoms with Crippen LogP contribution in [0.1, 0.15) is 17.3 Å². The van der Waals surface area contributed by atoms with E-state index < -0.39 is 11.6 Å². The summed E-state index contributed by atoms with van der Waals surface area (Å²) in [7, 11) is 0. The molecular formula is C14H9ClF2O2. The molecular weight excluding hydrogens is 274 g/mol. The van der Waals surface area contributed by atoms with Crippen LogP contribution < -0.4 is 4.74 Å². The second-order valence-corrected chi connectivity index (χ2v) is 4.29. The molecule has 19 heavy (non-hydrogen) atoms. The lowest BCUT2D eigenvalue weighted by atomic mass is 10.1. The Kier molecular flexibility index (Phi) is 3.81. The summed E-state index contributed by atoms with van der Waals surface area (Å²) in [6, 6.07) is 7.62. The number of hydrogen-bond donors (Lipinski definition) is 0. The van der Waals surface area contributed by atoms with E-state index in [1.54, 1.807) is 0 Å². The fourth-order valence-corrected chi connectivity index (χ4v) is 1.59. The van der Waals surface area contributed by atoms with Crippen LogP contribution in [0.25, 0.3) is 0 Å². The molecule has 0 atom stereocenters. The van der Waals surface area contributed by atoms with Crippen LogP contribution in [0.5, 0.6) is 11.5 Å². The minimum Gasteiger partial charge on any atom is -0.454 e. The first kappa shape index (κ1) is 13.5. The summed E-state index contributed by atoms with van der Waals surface area (Å²) in [5.74, 6) is -1.56. The van der Waals surface area contributed by atoms with Crippen LogP contribution in [0.15, 0.2) is 36.4 Å². The van der Waals surface area contributed by atoms with Crippen molar-refractivity contribution >= 4 is 17.4 Å². The number of ketones is 1. The minimum absolute atomic E-state index is 0.0419. The van der Waals surface area contributed by atoms with E-state index in [1.807, 2.05) is 0 Å². The van der Waals surface area contributed by atoms with Gasteiger partial charge in [-0.05, 0) is 37.3 Å². The summed E-state index contributed by atoms with van der Waals surface area (Å²) in [4.78, 5) is 11.1. The van der Waals surface area contributed by atoms with Crippen LogP contribution in [0.4, 0.5) is 8.78 Å². The molecule has 0 amide bonds. The number of hydrogen-bond acceptors (Lipinski definition) is 2. The van der Waals surface area contributed by atoms with E-state index in [2.05, 4.69) is 0 Å². The van der Waals surface area contributed by atoms with E-state index in [4.69, 9.17) is 16.3 Å². The maximum absolute atomic E-state index is 13.7. The number of carbonyl (C=O) groups excluding carboxylic acids is 1. The molecule has 0 aliphatic heterocycles. The number of ether oxygens (including phenoxy) is 1. The van der Waals surface area contributed by atoms with E-state index in [-0.39, 0.29) is 27.9 Å². The van der Waals surface area contributed by atoms with E-state index in [0.29, 0.717) is 0 Å². The van der Waals surface area contributed by atoms with E-state index in [9.17, 15) is 13.6 Å². The molecule has 5 heteroatoms. The summed E-state index contributed by atoms with van der Waals surface area (Å²) in [5, 5.41) is -0.0419. The molecule has 98 valence electrons. The summed E-state index contributed by atoms with van der Waals surface area (Å²) >= 11 is 5.53. The minimum atomic E-state index is -0.692. The van der Waals surface area contributed by atoms with Gasteiger partial charge in [-0.25, -0.2) is 8.78 Å². The first-order valence-electron chi connectivity index (χ1n) is 5.41. The Morgan fingerprint density at radius 3 is 2.42 bits per heavy atom. The smallest absolute Gasteiger partial charge is 0.166 e. The fourth-order valence-electron chi connectivity index (χ4n) is 1.47. The topological polar surface area (TPSA) is 26.3 Å². The third-order valence-electron chi connectivity index (χ3n) is 2.46. The van der Waals surface area contributed by atoms with E-state index in [1.165, 1.54) is 31.2 Å². The Bertz CT molecular complexity index is 641. The molecule has 0 saturated carbocycles. The average molecular weight is 283 g/mol. The van der Waals surface area contributed by atoms with Crippen molar-refractivity contribution < 1.29 is 18.3 Å². The molecule has 0 unspecified atom stereocenters. The summed E-state index contributed by atoms with van der Waals surface area (Å²) in [6.45, 7) is 1.34. The Hall–Kier alpha value is -1.94. The number of Topliss-reactive ketones (excluding diaryl/α,β-unsaturated/α-hetero) is 1. The molecule has 0 fully saturated rings. The second-order valence-electron chi connectivity index (χ2n) is 3.88. The molecule has 0 saturated heterocycles. The van der Waals surface area contributed by atoms with Gasteiger partial charge >= 0.3 is 0 Å². The van der Waals surface area contributed by atoms with Gasteiger partial charge in [-0.3, -0.25) is 4.79 Å². The van der Waals surface area contributed by atoms with Crippen molar-refractivity contribution in [1.29, 1.82) is 0 Å². The lowest BCUT2D eigenvalue weighted by molar-refractivity contribution is 0.101. The number of halogens is 3. The lowest BCUT2D eigenvalue weighted by Crippen LogP contribution is -1.95. The Balaban J connectivity index is 2.28. The highest BCUT2D eigenvalue weighted by molar-refractivity contribution is 6.30. The molecule has 0 aliphatic carbocycles. The highest BCUT2D eigenvalue weighted by Crippen LogP contribution is 2.27. The van der Waals surface area contributed by atoms with Crippen molar-refractivity contribution in [3.05, 3.63) is 58.6 Å². The first-order valence-corrected chi connectivity index (χ1v) is 5.78. The predicted octanol–water partition coefficient (Wildman–Crippen LogP) is 4.61. The van der Waals surface area contributed by atoms with E-state index in [0.717, 1.165) is 12.1 Å². The van der Waals surface area contributed by atoms with Gasteiger partial charge in [0, 0.05) is 11.6 Å². The lowest BCUT2D eigenvalue weighted by Gasteiger charge is -2.08. The molecule has 2 aromatic carbocycles. The zero-order valence-corrected chi connectivity index (χ0v) is 10.7. The molecule has 2 aromatic rings. The van der Waals surface area contributed by atoms with Crippen LogP contribution in [0.2, 0.25) is 5.02 Å². The summed E-state index contributed by atoms with van der Waals surface area (Å²) < 4.78 is 32.1. The van der Waals surface area contributed by atoms with Gasteiger partial charge in [0.15, 0.2) is 17.3 Å². The van der Waals surface area contributed by atoms with Crippen molar-refractivity contribution in [2.75, 3.05) is 0 Å². The monoisotopic (exact) mass is 282 g/mol. The quantitative estimate of drug-likeness (QED) is 0.768. The van der Waals surface area contributed by atoms with Gasteiger partial charge in [0.05, 0.1) is 5.02 Å². The SMILES string of the molecule is CC(=O)c1ccc(Oc2ccc(Cl)c(F)c2)c(F)c1. The van der Waals surface area contributed by atoms with Gasteiger partial charge in [-0.15, -0.1) is 0 Å². The third kappa shape index (κ3) is 3.09. The normalized spacial score (nSPS) is 10.3. The fraction of sp³-hybridized carbons (Fsp3) is 0.0714. The van der Waals surface area contributed by atoms with Crippen molar-refractivity contribution in [1.82, 2.24) is 0 Å². The van der Waals surface area contributed by atoms with Gasteiger partial charge in [-0.1, -0.05) is 11.6 Å². The van der Waals surface area contributed by atoms with Crippen molar-refractivity contribution in [3.8, 4) is 11.5 Å². The van der Waals surface area contributed by atoms with Gasteiger partial charge in [-0.2, -0.15) is 0 Å². The van der Waals surface area contributed by atoms with Gasteiger partial charge in [0.1, 0.15) is 11.6 Å². The molecule has 2 nitrogen and oxygen atoms in total. The third-order valence-corrected chi connectivity index (χ3v) is 2.76. The molecule has 0 aromatic heterocycles.